The Morgan fingerprint density at radius 1 is 1.28 bits per heavy atom. The van der Waals surface area contributed by atoms with Crippen molar-refractivity contribution < 1.29 is 14.3 Å². The molecule has 2 atom stereocenters. The number of methoxy groups -OCH3 is 1. The van der Waals surface area contributed by atoms with Crippen molar-refractivity contribution in [3.05, 3.63) is 0 Å². The van der Waals surface area contributed by atoms with Gasteiger partial charge in [0.1, 0.15) is 0 Å². The van der Waals surface area contributed by atoms with Crippen LogP contribution in [0.2, 0.25) is 0 Å². The number of ether oxygens (including phenoxy) is 1. The van der Waals surface area contributed by atoms with E-state index in [1.165, 1.54) is 0 Å². The maximum atomic E-state index is 11.8. The van der Waals surface area contributed by atoms with E-state index in [4.69, 9.17) is 4.74 Å². The Hall–Kier alpha value is -1.14. The van der Waals surface area contributed by atoms with Gasteiger partial charge in [-0.25, -0.2) is 0 Å². The normalized spacial score (nSPS) is 22.8. The third-order valence-corrected chi connectivity index (χ3v) is 3.13. The van der Waals surface area contributed by atoms with Crippen LogP contribution in [0.1, 0.15) is 13.3 Å². The van der Waals surface area contributed by atoms with E-state index in [1.807, 2.05) is 0 Å². The Bertz CT molecular complexity index is 284. The van der Waals surface area contributed by atoms with Gasteiger partial charge in [-0.3, -0.25) is 9.59 Å². The number of hydrogen-bond acceptors (Lipinski definition) is 4. The van der Waals surface area contributed by atoms with Crippen molar-refractivity contribution in [1.82, 2.24) is 16.0 Å². The zero-order valence-electron chi connectivity index (χ0n) is 11.1. The SMILES string of the molecule is COCCNC(=O)CCNC(=O)[C@@H]1CNC[C@H]1C. The van der Waals surface area contributed by atoms with E-state index in [9.17, 15) is 9.59 Å². The number of nitrogens with one attached hydrogen (secondary N) is 3. The minimum absolute atomic E-state index is 0.0292. The fourth-order valence-electron chi connectivity index (χ4n) is 1.97. The molecule has 6 heteroatoms. The van der Waals surface area contributed by atoms with Crippen LogP contribution in [0.15, 0.2) is 0 Å². The monoisotopic (exact) mass is 257 g/mol. The standard InChI is InChI=1S/C12H23N3O3/c1-9-7-13-8-10(9)12(17)15-4-3-11(16)14-5-6-18-2/h9-10,13H,3-8H2,1-2H3,(H,14,16)(H,15,17)/t9-,10-/m1/s1. The lowest BCUT2D eigenvalue weighted by Gasteiger charge is -2.14. The smallest absolute Gasteiger partial charge is 0.224 e. The van der Waals surface area contributed by atoms with E-state index in [0.29, 0.717) is 32.0 Å². The molecule has 0 unspecified atom stereocenters. The highest BCUT2D eigenvalue weighted by molar-refractivity contribution is 5.81. The van der Waals surface area contributed by atoms with Crippen LogP contribution < -0.4 is 16.0 Å². The maximum absolute atomic E-state index is 11.8. The molecule has 1 aliphatic heterocycles. The largest absolute Gasteiger partial charge is 0.383 e. The molecule has 1 fully saturated rings. The topological polar surface area (TPSA) is 79.5 Å². The molecule has 0 aromatic carbocycles. The highest BCUT2D eigenvalue weighted by Gasteiger charge is 2.29. The number of hydrogen-bond donors (Lipinski definition) is 3. The zero-order chi connectivity index (χ0) is 13.4. The first-order chi connectivity index (χ1) is 8.65. The van der Waals surface area contributed by atoms with Crippen molar-refractivity contribution in [2.75, 3.05) is 39.9 Å². The molecule has 1 saturated heterocycles. The molecule has 0 spiro atoms. The van der Waals surface area contributed by atoms with Crippen molar-refractivity contribution in [1.29, 1.82) is 0 Å². The number of carbonyl (C=O) groups excluding carboxylic acids is 2. The Morgan fingerprint density at radius 2 is 2.06 bits per heavy atom. The van der Waals surface area contributed by atoms with E-state index in [0.717, 1.165) is 13.1 Å². The summed E-state index contributed by atoms with van der Waals surface area (Å²) in [6.07, 6.45) is 0.310. The van der Waals surface area contributed by atoms with Gasteiger partial charge >= 0.3 is 0 Å². The Kier molecular flexibility index (Phi) is 6.67. The average molecular weight is 257 g/mol. The van der Waals surface area contributed by atoms with Gasteiger partial charge in [0.2, 0.25) is 11.8 Å². The van der Waals surface area contributed by atoms with E-state index >= 15 is 0 Å². The van der Waals surface area contributed by atoms with Crippen LogP contribution in [0.4, 0.5) is 0 Å². The predicted molar refractivity (Wildman–Crippen MR) is 68.0 cm³/mol. The molecule has 0 radical (unpaired) electrons. The van der Waals surface area contributed by atoms with Crippen LogP contribution in [-0.4, -0.2) is 51.7 Å². The molecule has 3 N–H and O–H groups in total. The summed E-state index contributed by atoms with van der Waals surface area (Å²) in [5.74, 6) is 0.365. The molecule has 1 rings (SSSR count). The third-order valence-electron chi connectivity index (χ3n) is 3.13. The fraction of sp³-hybridized carbons (Fsp3) is 0.833. The molecule has 18 heavy (non-hydrogen) atoms. The first-order valence-corrected chi connectivity index (χ1v) is 6.39. The van der Waals surface area contributed by atoms with Gasteiger partial charge in [0.15, 0.2) is 0 Å². The highest BCUT2D eigenvalue weighted by atomic mass is 16.5. The van der Waals surface area contributed by atoms with Gasteiger partial charge < -0.3 is 20.7 Å². The van der Waals surface area contributed by atoms with Gasteiger partial charge in [-0.05, 0) is 12.5 Å². The van der Waals surface area contributed by atoms with Crippen molar-refractivity contribution >= 4 is 11.8 Å². The molecule has 104 valence electrons. The zero-order valence-corrected chi connectivity index (χ0v) is 11.1. The predicted octanol–water partition coefficient (Wildman–Crippen LogP) is -0.889. The highest BCUT2D eigenvalue weighted by Crippen LogP contribution is 2.15. The van der Waals surface area contributed by atoms with Gasteiger partial charge in [-0.15, -0.1) is 0 Å². The quantitative estimate of drug-likeness (QED) is 0.517. The number of rotatable bonds is 7. The summed E-state index contributed by atoms with van der Waals surface area (Å²) in [5.41, 5.74) is 0. The summed E-state index contributed by atoms with van der Waals surface area (Å²) in [4.78, 5) is 23.1. The molecule has 0 aliphatic carbocycles. The lowest BCUT2D eigenvalue weighted by atomic mass is 9.97. The van der Waals surface area contributed by atoms with Gasteiger partial charge in [-0.2, -0.15) is 0 Å². The molecule has 0 aromatic heterocycles. The molecular weight excluding hydrogens is 234 g/mol. The van der Waals surface area contributed by atoms with Crippen LogP contribution >= 0.6 is 0 Å². The van der Waals surface area contributed by atoms with Crippen molar-refractivity contribution in [2.45, 2.75) is 13.3 Å². The molecule has 0 bridgehead atoms. The van der Waals surface area contributed by atoms with Crippen LogP contribution in [0.3, 0.4) is 0 Å². The molecule has 6 nitrogen and oxygen atoms in total. The average Bonchev–Trinajstić information content (AvgIpc) is 2.76. The van der Waals surface area contributed by atoms with Crippen LogP contribution in [-0.2, 0) is 14.3 Å². The molecule has 0 aromatic rings. The van der Waals surface area contributed by atoms with E-state index in [-0.39, 0.29) is 17.7 Å². The summed E-state index contributed by atoms with van der Waals surface area (Å²) in [6.45, 7) is 5.07. The second kappa shape index (κ2) is 8.05. The van der Waals surface area contributed by atoms with E-state index < -0.39 is 0 Å². The number of carbonyl (C=O) groups is 2. The minimum Gasteiger partial charge on any atom is -0.383 e. The van der Waals surface area contributed by atoms with Gasteiger partial charge in [0.25, 0.3) is 0 Å². The molecule has 2 amide bonds. The Morgan fingerprint density at radius 3 is 2.67 bits per heavy atom. The van der Waals surface area contributed by atoms with Gasteiger partial charge in [0.05, 0.1) is 12.5 Å². The number of amides is 2. The fourth-order valence-corrected chi connectivity index (χ4v) is 1.97. The van der Waals surface area contributed by atoms with Crippen molar-refractivity contribution in [2.24, 2.45) is 11.8 Å². The Balaban J connectivity index is 2.09. The molecule has 1 heterocycles. The second-order valence-electron chi connectivity index (χ2n) is 4.63. The Labute approximate surface area is 108 Å². The van der Waals surface area contributed by atoms with Crippen molar-refractivity contribution in [3.63, 3.8) is 0 Å². The molecular formula is C12H23N3O3. The van der Waals surface area contributed by atoms with Crippen molar-refractivity contribution in [3.8, 4) is 0 Å². The summed E-state index contributed by atoms with van der Waals surface area (Å²) in [7, 11) is 1.59. The first-order valence-electron chi connectivity index (χ1n) is 6.39. The summed E-state index contributed by atoms with van der Waals surface area (Å²) in [5, 5.41) is 8.70. The van der Waals surface area contributed by atoms with Crippen LogP contribution in [0.5, 0.6) is 0 Å². The third kappa shape index (κ3) is 5.01. The van der Waals surface area contributed by atoms with Gasteiger partial charge in [-0.1, -0.05) is 6.92 Å². The van der Waals surface area contributed by atoms with Gasteiger partial charge in [0, 0.05) is 33.2 Å². The summed E-state index contributed by atoms with van der Waals surface area (Å²) >= 11 is 0. The minimum atomic E-state index is -0.0649. The van der Waals surface area contributed by atoms with E-state index in [2.05, 4.69) is 22.9 Å². The summed E-state index contributed by atoms with van der Waals surface area (Å²) in [6, 6.07) is 0. The van der Waals surface area contributed by atoms with Crippen LogP contribution in [0, 0.1) is 11.8 Å². The second-order valence-corrected chi connectivity index (χ2v) is 4.63. The first kappa shape index (κ1) is 14.9. The lowest BCUT2D eigenvalue weighted by Crippen LogP contribution is -2.37. The maximum Gasteiger partial charge on any atom is 0.224 e. The van der Waals surface area contributed by atoms with E-state index in [1.54, 1.807) is 7.11 Å². The summed E-state index contributed by atoms with van der Waals surface area (Å²) < 4.78 is 4.82. The molecule has 0 saturated carbocycles. The molecule has 1 aliphatic rings. The lowest BCUT2D eigenvalue weighted by molar-refractivity contribution is -0.125. The van der Waals surface area contributed by atoms with Crippen LogP contribution in [0.25, 0.3) is 0 Å².